The van der Waals surface area contributed by atoms with E-state index in [-0.39, 0.29) is 5.69 Å². The van der Waals surface area contributed by atoms with Crippen molar-refractivity contribution in [3.05, 3.63) is 53.0 Å². The second-order valence-electron chi connectivity index (χ2n) is 5.00. The van der Waals surface area contributed by atoms with Crippen molar-refractivity contribution in [1.29, 1.82) is 0 Å². The van der Waals surface area contributed by atoms with Crippen LogP contribution < -0.4 is 0 Å². The average molecular weight is 284 g/mol. The summed E-state index contributed by atoms with van der Waals surface area (Å²) >= 11 is 0. The lowest BCUT2D eigenvalue weighted by molar-refractivity contribution is 0.0686. The van der Waals surface area contributed by atoms with Crippen LogP contribution in [-0.4, -0.2) is 20.8 Å². The second-order valence-corrected chi connectivity index (χ2v) is 5.00. The first kappa shape index (κ1) is 13.4. The largest absolute Gasteiger partial charge is 0.477 e. The van der Waals surface area contributed by atoms with E-state index in [1.54, 1.807) is 10.6 Å². The first-order valence-electron chi connectivity index (χ1n) is 6.87. The maximum absolute atomic E-state index is 11.5. The molecule has 2 aromatic heterocycles. The Kier molecular flexibility index (Phi) is 3.25. The molecule has 1 N–H and O–H groups in total. The number of carboxylic acids is 1. The molecule has 2 heterocycles. The first-order chi connectivity index (χ1) is 10.1. The van der Waals surface area contributed by atoms with E-state index in [0.29, 0.717) is 6.54 Å². The third-order valence-corrected chi connectivity index (χ3v) is 3.73. The number of fused-ring (bicyclic) bond motifs is 1. The highest BCUT2D eigenvalue weighted by Crippen LogP contribution is 2.24. The van der Waals surface area contributed by atoms with E-state index < -0.39 is 5.97 Å². The average Bonchev–Trinajstić information content (AvgIpc) is 3.02. The van der Waals surface area contributed by atoms with Gasteiger partial charge in [0, 0.05) is 22.9 Å². The van der Waals surface area contributed by atoms with Crippen molar-refractivity contribution >= 4 is 16.9 Å². The zero-order valence-electron chi connectivity index (χ0n) is 12.0. The number of aromatic carboxylic acids is 1. The van der Waals surface area contributed by atoms with Crippen molar-refractivity contribution in [3.8, 4) is 0 Å². The molecule has 3 aromatic rings. The Bertz CT molecular complexity index is 814. The van der Waals surface area contributed by atoms with E-state index in [1.165, 1.54) is 0 Å². The molecule has 0 spiro atoms. The van der Waals surface area contributed by atoms with Crippen LogP contribution >= 0.6 is 0 Å². The monoisotopic (exact) mass is 284 g/mol. The quantitative estimate of drug-likeness (QED) is 0.798. The van der Waals surface area contributed by atoms with Crippen molar-refractivity contribution in [1.82, 2.24) is 9.72 Å². The zero-order valence-corrected chi connectivity index (χ0v) is 12.0. The Morgan fingerprint density at radius 1 is 1.38 bits per heavy atom. The maximum atomic E-state index is 11.5. The Morgan fingerprint density at radius 3 is 2.86 bits per heavy atom. The van der Waals surface area contributed by atoms with Crippen LogP contribution in [0.1, 0.15) is 34.4 Å². The maximum Gasteiger partial charge on any atom is 0.352 e. The fraction of sp³-hybridized carbons (Fsp3) is 0.250. The van der Waals surface area contributed by atoms with Crippen LogP contribution in [0.25, 0.3) is 10.9 Å². The zero-order chi connectivity index (χ0) is 15.0. The predicted molar refractivity (Wildman–Crippen MR) is 78.6 cm³/mol. The number of carbonyl (C=O) groups is 1. The molecule has 0 unspecified atom stereocenters. The molecule has 1 aromatic carbocycles. The molecule has 0 saturated carbocycles. The van der Waals surface area contributed by atoms with E-state index in [2.05, 4.69) is 5.16 Å². The lowest BCUT2D eigenvalue weighted by atomic mass is 10.1. The van der Waals surface area contributed by atoms with Crippen LogP contribution in [0.4, 0.5) is 0 Å². The van der Waals surface area contributed by atoms with Gasteiger partial charge in [0.2, 0.25) is 0 Å². The number of aromatic nitrogens is 2. The van der Waals surface area contributed by atoms with Crippen LogP contribution in [0, 0.1) is 6.92 Å². The van der Waals surface area contributed by atoms with Gasteiger partial charge in [-0.2, -0.15) is 0 Å². The minimum atomic E-state index is -0.932. The van der Waals surface area contributed by atoms with Gasteiger partial charge in [0.05, 0.1) is 12.2 Å². The molecule has 0 bridgehead atoms. The van der Waals surface area contributed by atoms with Crippen LogP contribution in [-0.2, 0) is 13.0 Å². The molecule has 0 atom stereocenters. The number of carboxylic acid groups (broad SMARTS) is 1. The van der Waals surface area contributed by atoms with Gasteiger partial charge in [-0.3, -0.25) is 0 Å². The molecule has 0 amide bonds. The molecule has 0 aliphatic rings. The number of hydrogen-bond donors (Lipinski definition) is 1. The van der Waals surface area contributed by atoms with E-state index in [0.717, 1.165) is 34.3 Å². The van der Waals surface area contributed by atoms with Gasteiger partial charge in [-0.25, -0.2) is 4.79 Å². The van der Waals surface area contributed by atoms with Gasteiger partial charge in [-0.05, 0) is 19.1 Å². The van der Waals surface area contributed by atoms with Gasteiger partial charge in [-0.1, -0.05) is 30.3 Å². The van der Waals surface area contributed by atoms with Gasteiger partial charge in [0.1, 0.15) is 11.5 Å². The number of nitrogens with zero attached hydrogens (tertiary/aromatic N) is 2. The van der Waals surface area contributed by atoms with Crippen LogP contribution in [0.3, 0.4) is 0 Å². The smallest absolute Gasteiger partial charge is 0.352 e. The minimum absolute atomic E-state index is 0.277. The van der Waals surface area contributed by atoms with Gasteiger partial charge >= 0.3 is 5.97 Å². The highest BCUT2D eigenvalue weighted by Gasteiger charge is 2.18. The SMILES string of the molecule is CCc1onc(C)c1Cn1c(C(=O)O)cc2ccccc21. The summed E-state index contributed by atoms with van der Waals surface area (Å²) in [6.07, 6.45) is 0.734. The summed E-state index contributed by atoms with van der Waals surface area (Å²) in [5.74, 6) is -0.125. The lowest BCUT2D eigenvalue weighted by Crippen LogP contribution is -2.10. The molecule has 5 nitrogen and oxygen atoms in total. The summed E-state index contributed by atoms with van der Waals surface area (Å²) in [6.45, 7) is 4.33. The van der Waals surface area contributed by atoms with Crippen molar-refractivity contribution in [2.24, 2.45) is 0 Å². The molecular weight excluding hydrogens is 268 g/mol. The standard InChI is InChI=1S/C16H16N2O3/c1-3-15-12(10(2)17-21-15)9-18-13-7-5-4-6-11(13)8-14(18)16(19)20/h4-8H,3,9H2,1-2H3,(H,19,20). The lowest BCUT2D eigenvalue weighted by Gasteiger charge is -2.08. The van der Waals surface area contributed by atoms with Crippen LogP contribution in [0.2, 0.25) is 0 Å². The highest BCUT2D eigenvalue weighted by molar-refractivity contribution is 5.94. The van der Waals surface area contributed by atoms with Crippen molar-refractivity contribution < 1.29 is 14.4 Å². The molecule has 21 heavy (non-hydrogen) atoms. The molecule has 0 aliphatic heterocycles. The fourth-order valence-electron chi connectivity index (χ4n) is 2.63. The van der Waals surface area contributed by atoms with E-state index in [1.807, 2.05) is 38.1 Å². The highest BCUT2D eigenvalue weighted by atomic mass is 16.5. The number of hydrogen-bond acceptors (Lipinski definition) is 3. The van der Waals surface area contributed by atoms with Gasteiger partial charge in [0.15, 0.2) is 0 Å². The minimum Gasteiger partial charge on any atom is -0.477 e. The Hall–Kier alpha value is -2.56. The molecule has 108 valence electrons. The molecular formula is C16H16N2O3. The first-order valence-corrected chi connectivity index (χ1v) is 6.87. The number of aryl methyl sites for hydroxylation is 2. The molecule has 3 rings (SSSR count). The van der Waals surface area contributed by atoms with Crippen molar-refractivity contribution in [2.45, 2.75) is 26.8 Å². The summed E-state index contributed by atoms with van der Waals surface area (Å²) in [5.41, 5.74) is 2.94. The van der Waals surface area contributed by atoms with Gasteiger partial charge in [0.25, 0.3) is 0 Å². The summed E-state index contributed by atoms with van der Waals surface area (Å²) in [7, 11) is 0. The fourth-order valence-corrected chi connectivity index (χ4v) is 2.63. The molecule has 0 radical (unpaired) electrons. The third-order valence-electron chi connectivity index (χ3n) is 3.73. The van der Waals surface area contributed by atoms with E-state index >= 15 is 0 Å². The Labute approximate surface area is 121 Å². The second kappa shape index (κ2) is 5.09. The van der Waals surface area contributed by atoms with Crippen molar-refractivity contribution in [2.75, 3.05) is 0 Å². The molecule has 0 fully saturated rings. The third kappa shape index (κ3) is 2.20. The molecule has 0 saturated heterocycles. The van der Waals surface area contributed by atoms with E-state index in [4.69, 9.17) is 4.52 Å². The van der Waals surface area contributed by atoms with Crippen molar-refractivity contribution in [3.63, 3.8) is 0 Å². The predicted octanol–water partition coefficient (Wildman–Crippen LogP) is 3.25. The number of para-hydroxylation sites is 1. The van der Waals surface area contributed by atoms with Gasteiger partial charge < -0.3 is 14.2 Å². The summed E-state index contributed by atoms with van der Waals surface area (Å²) in [5, 5.41) is 14.3. The summed E-state index contributed by atoms with van der Waals surface area (Å²) in [6, 6.07) is 9.36. The molecule has 0 aliphatic carbocycles. The van der Waals surface area contributed by atoms with Crippen LogP contribution in [0.5, 0.6) is 0 Å². The normalized spacial score (nSPS) is 11.1. The Morgan fingerprint density at radius 2 is 2.14 bits per heavy atom. The molecule has 5 heteroatoms. The van der Waals surface area contributed by atoms with E-state index in [9.17, 15) is 9.90 Å². The topological polar surface area (TPSA) is 68.3 Å². The van der Waals surface area contributed by atoms with Gasteiger partial charge in [-0.15, -0.1) is 0 Å². The number of rotatable bonds is 4. The summed E-state index contributed by atoms with van der Waals surface area (Å²) in [4.78, 5) is 11.5. The number of benzene rings is 1. The summed E-state index contributed by atoms with van der Waals surface area (Å²) < 4.78 is 7.10. The Balaban J connectivity index is 2.17. The van der Waals surface area contributed by atoms with Crippen LogP contribution in [0.15, 0.2) is 34.9 Å².